The summed E-state index contributed by atoms with van der Waals surface area (Å²) in [5.41, 5.74) is -2.61. The van der Waals surface area contributed by atoms with E-state index in [1.165, 1.54) is 6.92 Å². The Kier molecular flexibility index (Phi) is 3.89. The van der Waals surface area contributed by atoms with Gasteiger partial charge in [0.05, 0.1) is 6.54 Å². The van der Waals surface area contributed by atoms with Crippen LogP contribution in [0.15, 0.2) is 0 Å². The zero-order valence-electron chi connectivity index (χ0n) is 9.15. The lowest BCUT2D eigenvalue weighted by molar-refractivity contribution is -0.144. The van der Waals surface area contributed by atoms with E-state index < -0.39 is 29.4 Å². The number of aromatic nitrogens is 3. The molecule has 2 N–H and O–H groups in total. The van der Waals surface area contributed by atoms with Crippen molar-refractivity contribution in [3.05, 3.63) is 11.4 Å². The normalized spacial score (nSPS) is 11.3. The third-order valence-electron chi connectivity index (χ3n) is 1.90. The number of halogens is 3. The lowest BCUT2D eigenvalue weighted by atomic mass is 10.3. The van der Waals surface area contributed by atoms with Crippen LogP contribution in [0.1, 0.15) is 23.1 Å². The molecular weight excluding hydrogens is 257 g/mol. The van der Waals surface area contributed by atoms with Crippen LogP contribution in [0, 0.1) is 0 Å². The van der Waals surface area contributed by atoms with E-state index in [-0.39, 0.29) is 13.1 Å². The van der Waals surface area contributed by atoms with Gasteiger partial charge < -0.3 is 10.4 Å². The fourth-order valence-corrected chi connectivity index (χ4v) is 1.23. The Labute approximate surface area is 98.6 Å². The van der Waals surface area contributed by atoms with Crippen LogP contribution in [0.25, 0.3) is 0 Å². The predicted octanol–water partition coefficient (Wildman–Crippen LogP) is 0.131. The average molecular weight is 266 g/mol. The maximum absolute atomic E-state index is 12.6. The molecule has 1 heterocycles. The van der Waals surface area contributed by atoms with Gasteiger partial charge in [-0.1, -0.05) is 5.21 Å². The summed E-state index contributed by atoms with van der Waals surface area (Å²) in [5, 5.41) is 16.9. The molecule has 1 amide bonds. The van der Waals surface area contributed by atoms with Crippen LogP contribution >= 0.6 is 0 Å². The molecule has 0 aromatic carbocycles. The van der Waals surface area contributed by atoms with Gasteiger partial charge in [-0.25, -0.2) is 9.48 Å². The van der Waals surface area contributed by atoms with Gasteiger partial charge in [0, 0.05) is 13.5 Å². The molecule has 10 heteroatoms. The van der Waals surface area contributed by atoms with Crippen molar-refractivity contribution in [1.29, 1.82) is 0 Å². The summed E-state index contributed by atoms with van der Waals surface area (Å²) < 4.78 is 38.3. The van der Waals surface area contributed by atoms with Crippen LogP contribution in [0.2, 0.25) is 0 Å². The van der Waals surface area contributed by atoms with Crippen LogP contribution in [0.3, 0.4) is 0 Å². The molecule has 0 fully saturated rings. The van der Waals surface area contributed by atoms with Crippen molar-refractivity contribution in [3.8, 4) is 0 Å². The summed E-state index contributed by atoms with van der Waals surface area (Å²) >= 11 is 0. The monoisotopic (exact) mass is 266 g/mol. The summed E-state index contributed by atoms with van der Waals surface area (Å²) in [6.07, 6.45) is -4.88. The lowest BCUT2D eigenvalue weighted by Gasteiger charge is -2.10. The topological polar surface area (TPSA) is 97.1 Å². The van der Waals surface area contributed by atoms with Crippen LogP contribution in [0.5, 0.6) is 0 Å². The van der Waals surface area contributed by atoms with E-state index >= 15 is 0 Å². The molecule has 1 aromatic heterocycles. The number of hydrogen-bond acceptors (Lipinski definition) is 4. The highest BCUT2D eigenvalue weighted by atomic mass is 19.4. The van der Waals surface area contributed by atoms with Crippen LogP contribution in [-0.4, -0.2) is 38.5 Å². The Bertz CT molecular complexity index is 469. The number of amides is 1. The molecule has 0 aliphatic carbocycles. The van der Waals surface area contributed by atoms with Crippen molar-refractivity contribution in [2.45, 2.75) is 19.6 Å². The van der Waals surface area contributed by atoms with Crippen LogP contribution in [0.4, 0.5) is 13.2 Å². The SMILES string of the molecule is CC(=O)NCCn1nnc(C(=O)O)c1C(F)(F)F. The van der Waals surface area contributed by atoms with E-state index in [1.807, 2.05) is 0 Å². The second kappa shape index (κ2) is 5.02. The minimum Gasteiger partial charge on any atom is -0.476 e. The van der Waals surface area contributed by atoms with Crippen molar-refractivity contribution in [2.75, 3.05) is 6.54 Å². The standard InChI is InChI=1S/C8H9F3N4O3/c1-4(16)12-2-3-15-6(8(9,10)11)5(7(17)18)13-14-15/h2-3H2,1H3,(H,12,16)(H,17,18). The highest BCUT2D eigenvalue weighted by Gasteiger charge is 2.41. The van der Waals surface area contributed by atoms with Crippen LogP contribution in [-0.2, 0) is 17.5 Å². The number of nitrogens with zero attached hydrogens (tertiary/aromatic N) is 3. The molecule has 0 saturated heterocycles. The Morgan fingerprint density at radius 2 is 2.06 bits per heavy atom. The molecule has 0 aliphatic rings. The molecule has 7 nitrogen and oxygen atoms in total. The minimum absolute atomic E-state index is 0.110. The van der Waals surface area contributed by atoms with Crippen molar-refractivity contribution in [2.24, 2.45) is 0 Å². The largest absolute Gasteiger partial charge is 0.476 e. The molecule has 0 atom stereocenters. The summed E-state index contributed by atoms with van der Waals surface area (Å²) in [5.74, 6) is -2.23. The zero-order chi connectivity index (χ0) is 13.9. The van der Waals surface area contributed by atoms with E-state index in [0.29, 0.717) is 4.68 Å². The minimum atomic E-state index is -4.88. The molecule has 100 valence electrons. The molecule has 0 unspecified atom stereocenters. The van der Waals surface area contributed by atoms with E-state index in [1.54, 1.807) is 0 Å². The van der Waals surface area contributed by atoms with Gasteiger partial charge in [-0.15, -0.1) is 5.10 Å². The van der Waals surface area contributed by atoms with E-state index in [2.05, 4.69) is 15.6 Å². The summed E-state index contributed by atoms with van der Waals surface area (Å²) in [4.78, 5) is 21.1. The Hall–Kier alpha value is -2.13. The van der Waals surface area contributed by atoms with Gasteiger partial charge >= 0.3 is 12.1 Å². The smallest absolute Gasteiger partial charge is 0.435 e. The van der Waals surface area contributed by atoms with Crippen molar-refractivity contribution < 1.29 is 27.9 Å². The Balaban J connectivity index is 2.98. The lowest BCUT2D eigenvalue weighted by Crippen LogP contribution is -2.27. The second-order valence-electron chi connectivity index (χ2n) is 3.30. The summed E-state index contributed by atoms with van der Waals surface area (Å²) in [6, 6.07) is 0. The van der Waals surface area contributed by atoms with E-state index in [4.69, 9.17) is 5.11 Å². The summed E-state index contributed by atoms with van der Waals surface area (Å²) in [6.45, 7) is 0.768. The van der Waals surface area contributed by atoms with Gasteiger partial charge in [0.1, 0.15) is 0 Å². The van der Waals surface area contributed by atoms with Crippen molar-refractivity contribution >= 4 is 11.9 Å². The van der Waals surface area contributed by atoms with Gasteiger partial charge in [-0.05, 0) is 0 Å². The number of alkyl halides is 3. The van der Waals surface area contributed by atoms with E-state index in [9.17, 15) is 22.8 Å². The number of rotatable bonds is 4. The number of carbonyl (C=O) groups is 2. The predicted molar refractivity (Wildman–Crippen MR) is 50.7 cm³/mol. The maximum Gasteiger partial charge on any atom is 0.435 e. The highest BCUT2D eigenvalue weighted by molar-refractivity contribution is 5.86. The fraction of sp³-hybridized carbons (Fsp3) is 0.500. The second-order valence-corrected chi connectivity index (χ2v) is 3.30. The summed E-state index contributed by atoms with van der Waals surface area (Å²) in [7, 11) is 0. The Morgan fingerprint density at radius 3 is 2.50 bits per heavy atom. The number of nitrogens with one attached hydrogen (secondary N) is 1. The van der Waals surface area contributed by atoms with Gasteiger partial charge in [0.15, 0.2) is 5.69 Å². The van der Waals surface area contributed by atoms with Crippen LogP contribution < -0.4 is 5.32 Å². The van der Waals surface area contributed by atoms with Gasteiger partial charge in [-0.3, -0.25) is 4.79 Å². The fourth-order valence-electron chi connectivity index (χ4n) is 1.23. The first-order valence-corrected chi connectivity index (χ1v) is 4.72. The molecule has 0 spiro atoms. The van der Waals surface area contributed by atoms with Gasteiger partial charge in [0.25, 0.3) is 0 Å². The number of carboxylic acids is 1. The first-order valence-electron chi connectivity index (χ1n) is 4.72. The number of hydrogen-bond donors (Lipinski definition) is 2. The number of aromatic carboxylic acids is 1. The molecular formula is C8H9F3N4O3. The third kappa shape index (κ3) is 3.18. The molecule has 0 radical (unpaired) electrons. The van der Waals surface area contributed by atoms with Gasteiger partial charge in [0.2, 0.25) is 11.6 Å². The van der Waals surface area contributed by atoms with Crippen molar-refractivity contribution in [3.63, 3.8) is 0 Å². The molecule has 18 heavy (non-hydrogen) atoms. The zero-order valence-corrected chi connectivity index (χ0v) is 9.15. The Morgan fingerprint density at radius 1 is 1.44 bits per heavy atom. The highest BCUT2D eigenvalue weighted by Crippen LogP contribution is 2.30. The maximum atomic E-state index is 12.6. The molecule has 1 rings (SSSR count). The first kappa shape index (κ1) is 13.9. The average Bonchev–Trinajstić information content (AvgIpc) is 2.60. The quantitative estimate of drug-likeness (QED) is 0.807. The molecule has 1 aromatic rings. The third-order valence-corrected chi connectivity index (χ3v) is 1.90. The number of carbonyl (C=O) groups excluding carboxylic acids is 1. The van der Waals surface area contributed by atoms with E-state index in [0.717, 1.165) is 0 Å². The van der Waals surface area contributed by atoms with Crippen molar-refractivity contribution in [1.82, 2.24) is 20.3 Å². The van der Waals surface area contributed by atoms with Gasteiger partial charge in [-0.2, -0.15) is 13.2 Å². The molecule has 0 aliphatic heterocycles. The first-order chi connectivity index (χ1) is 8.23. The number of carboxylic acid groups (broad SMARTS) is 1. The molecule has 0 saturated carbocycles. The molecule has 0 bridgehead atoms.